The summed E-state index contributed by atoms with van der Waals surface area (Å²) in [4.78, 5) is 0. The second kappa shape index (κ2) is 10.9. The van der Waals surface area contributed by atoms with Gasteiger partial charge in [0.1, 0.15) is 7.28 Å². The van der Waals surface area contributed by atoms with Crippen molar-refractivity contribution in [2.75, 3.05) is 0 Å². The highest BCUT2D eigenvalue weighted by Gasteiger charge is 2.26. The first-order chi connectivity index (χ1) is 14.1. The van der Waals surface area contributed by atoms with Crippen LogP contribution in [0.4, 0.5) is 13.2 Å². The lowest BCUT2D eigenvalue weighted by atomic mass is 9.57. The first-order valence-electron chi connectivity index (χ1n) is 10.9. The molecule has 0 aromatic heterocycles. The quantitative estimate of drug-likeness (QED) is 0.302. The molecule has 1 N–H and O–H groups in total. The molecule has 0 amide bonds. The summed E-state index contributed by atoms with van der Waals surface area (Å²) in [5.74, 6) is 0.624. The van der Waals surface area contributed by atoms with Crippen LogP contribution in [0.1, 0.15) is 69.1 Å². The molecule has 1 aromatic carbocycles. The number of benzene rings is 1. The summed E-state index contributed by atoms with van der Waals surface area (Å²) in [5, 5.41) is 3.30. The SMILES string of the molecule is C=C(CCCC(F)(F)F)NC1[B]Cc2c(cccc2C(=C)CCCC(=C)C(C)C)C1. The third kappa shape index (κ3) is 7.73. The first kappa shape index (κ1) is 24.4. The fourth-order valence-electron chi connectivity index (χ4n) is 3.88. The van der Waals surface area contributed by atoms with Gasteiger partial charge in [-0.25, -0.2) is 0 Å². The van der Waals surface area contributed by atoms with Gasteiger partial charge in [0.25, 0.3) is 0 Å². The molecule has 0 saturated carbocycles. The van der Waals surface area contributed by atoms with Gasteiger partial charge in [-0.15, -0.1) is 0 Å². The number of rotatable bonds is 11. The van der Waals surface area contributed by atoms with Gasteiger partial charge in [-0.2, -0.15) is 13.2 Å². The number of halogens is 3. The van der Waals surface area contributed by atoms with Crippen molar-refractivity contribution in [2.45, 2.75) is 77.2 Å². The largest absolute Gasteiger partial charge is 0.394 e. The van der Waals surface area contributed by atoms with E-state index in [9.17, 15) is 13.2 Å². The van der Waals surface area contributed by atoms with Crippen LogP contribution in [0.2, 0.25) is 0 Å². The maximum absolute atomic E-state index is 12.3. The molecule has 1 radical (unpaired) electrons. The molecule has 0 spiro atoms. The molecule has 163 valence electrons. The molecule has 1 aromatic rings. The zero-order valence-electron chi connectivity index (χ0n) is 18.4. The normalized spacial score (nSPS) is 16.0. The molecule has 30 heavy (non-hydrogen) atoms. The van der Waals surface area contributed by atoms with E-state index in [0.717, 1.165) is 32.0 Å². The molecule has 1 aliphatic rings. The maximum atomic E-state index is 12.3. The number of hydrogen-bond donors (Lipinski definition) is 1. The molecule has 1 heterocycles. The van der Waals surface area contributed by atoms with Crippen molar-refractivity contribution in [3.63, 3.8) is 0 Å². The van der Waals surface area contributed by atoms with Crippen molar-refractivity contribution >= 4 is 12.9 Å². The van der Waals surface area contributed by atoms with Crippen molar-refractivity contribution in [1.82, 2.24) is 5.32 Å². The fourth-order valence-corrected chi connectivity index (χ4v) is 3.88. The molecular weight excluding hydrogens is 382 g/mol. The van der Waals surface area contributed by atoms with Gasteiger partial charge in [0, 0.05) is 12.1 Å². The summed E-state index contributed by atoms with van der Waals surface area (Å²) in [6.45, 7) is 16.7. The van der Waals surface area contributed by atoms with Crippen LogP contribution in [0.15, 0.2) is 49.2 Å². The molecule has 1 unspecified atom stereocenters. The van der Waals surface area contributed by atoms with E-state index in [2.05, 4.69) is 64.4 Å². The van der Waals surface area contributed by atoms with Crippen LogP contribution in [0.3, 0.4) is 0 Å². The molecule has 0 saturated heterocycles. The van der Waals surface area contributed by atoms with Crippen LogP contribution in [-0.4, -0.2) is 19.4 Å². The number of allylic oxidation sites excluding steroid dienone is 3. The predicted molar refractivity (Wildman–Crippen MR) is 122 cm³/mol. The van der Waals surface area contributed by atoms with Crippen molar-refractivity contribution in [2.24, 2.45) is 5.92 Å². The van der Waals surface area contributed by atoms with Gasteiger partial charge in [-0.3, -0.25) is 0 Å². The highest BCUT2D eigenvalue weighted by molar-refractivity contribution is 6.38. The van der Waals surface area contributed by atoms with Crippen LogP contribution >= 0.6 is 0 Å². The molecular formula is C25H34BF3N. The Balaban J connectivity index is 1.89. The van der Waals surface area contributed by atoms with Gasteiger partial charge in [0.2, 0.25) is 0 Å². The summed E-state index contributed by atoms with van der Waals surface area (Å²) in [6, 6.07) is 6.36. The fraction of sp³-hybridized carbons (Fsp3) is 0.520. The minimum absolute atomic E-state index is 0.0752. The van der Waals surface area contributed by atoms with Crippen LogP contribution in [0.25, 0.3) is 5.57 Å². The standard InChI is InChI=1S/C25H34BF3N/c1-17(2)18(3)9-6-10-19(4)22-13-7-12-21-15-24(26-16-23(21)22)30-20(5)11-8-14-25(27,28)29/h7,12-13,17,24,30H,3-6,8-11,14-16H2,1-2H3. The summed E-state index contributed by atoms with van der Waals surface area (Å²) in [7, 11) is 2.20. The second-order valence-corrected chi connectivity index (χ2v) is 8.68. The van der Waals surface area contributed by atoms with Gasteiger partial charge in [0.15, 0.2) is 0 Å². The number of alkyl halides is 3. The molecule has 1 atom stereocenters. The number of fused-ring (bicyclic) bond motifs is 1. The van der Waals surface area contributed by atoms with Gasteiger partial charge >= 0.3 is 6.18 Å². The van der Waals surface area contributed by atoms with Crippen molar-refractivity contribution in [3.8, 4) is 0 Å². The first-order valence-corrected chi connectivity index (χ1v) is 10.9. The average molecular weight is 416 g/mol. The Bertz CT molecular complexity index is 764. The highest BCUT2D eigenvalue weighted by Crippen LogP contribution is 2.30. The van der Waals surface area contributed by atoms with E-state index in [-0.39, 0.29) is 12.4 Å². The van der Waals surface area contributed by atoms with E-state index >= 15 is 0 Å². The number of hydrogen-bond acceptors (Lipinski definition) is 1. The number of nitrogens with one attached hydrogen (secondary N) is 1. The summed E-state index contributed by atoms with van der Waals surface area (Å²) >= 11 is 0. The van der Waals surface area contributed by atoms with E-state index in [1.807, 2.05) is 0 Å². The van der Waals surface area contributed by atoms with E-state index in [4.69, 9.17) is 0 Å². The Morgan fingerprint density at radius 2 is 1.87 bits per heavy atom. The van der Waals surface area contributed by atoms with E-state index in [1.54, 1.807) is 0 Å². The minimum Gasteiger partial charge on any atom is -0.394 e. The van der Waals surface area contributed by atoms with Crippen molar-refractivity contribution in [1.29, 1.82) is 0 Å². The monoisotopic (exact) mass is 416 g/mol. The summed E-state index contributed by atoms with van der Waals surface area (Å²) in [6.07, 6.45) is 0.250. The molecule has 0 aliphatic carbocycles. The topological polar surface area (TPSA) is 12.0 Å². The van der Waals surface area contributed by atoms with E-state index in [1.165, 1.54) is 27.8 Å². The minimum atomic E-state index is -4.10. The van der Waals surface area contributed by atoms with Gasteiger partial charge in [-0.05, 0) is 72.6 Å². The molecule has 1 aliphatic heterocycles. The smallest absolute Gasteiger partial charge is 0.389 e. The van der Waals surface area contributed by atoms with Crippen molar-refractivity contribution in [3.05, 3.63) is 65.9 Å². The lowest BCUT2D eigenvalue weighted by Crippen LogP contribution is -2.40. The summed E-state index contributed by atoms with van der Waals surface area (Å²) < 4.78 is 37.0. The van der Waals surface area contributed by atoms with Gasteiger partial charge < -0.3 is 5.32 Å². The Labute approximate surface area is 180 Å². The Morgan fingerprint density at radius 3 is 2.53 bits per heavy atom. The third-order valence-corrected chi connectivity index (χ3v) is 5.82. The van der Waals surface area contributed by atoms with Crippen LogP contribution in [-0.2, 0) is 12.7 Å². The van der Waals surface area contributed by atoms with Gasteiger partial charge in [0.05, 0.1) is 0 Å². The maximum Gasteiger partial charge on any atom is 0.389 e. The van der Waals surface area contributed by atoms with E-state index < -0.39 is 12.6 Å². The van der Waals surface area contributed by atoms with Crippen LogP contribution < -0.4 is 5.32 Å². The highest BCUT2D eigenvalue weighted by atomic mass is 19.4. The Kier molecular flexibility index (Phi) is 8.87. The third-order valence-electron chi connectivity index (χ3n) is 5.82. The lowest BCUT2D eigenvalue weighted by molar-refractivity contribution is -0.135. The summed E-state index contributed by atoms with van der Waals surface area (Å²) in [5.41, 5.74) is 6.97. The van der Waals surface area contributed by atoms with Gasteiger partial charge in [-0.1, -0.05) is 63.7 Å². The van der Waals surface area contributed by atoms with E-state index in [0.29, 0.717) is 18.0 Å². The predicted octanol–water partition coefficient (Wildman–Crippen LogP) is 7.00. The molecule has 2 rings (SSSR count). The molecule has 1 nitrogen and oxygen atoms in total. The Morgan fingerprint density at radius 1 is 1.13 bits per heavy atom. The van der Waals surface area contributed by atoms with Crippen LogP contribution in [0, 0.1) is 5.92 Å². The zero-order valence-corrected chi connectivity index (χ0v) is 18.4. The molecule has 5 heteroatoms. The van der Waals surface area contributed by atoms with Crippen molar-refractivity contribution < 1.29 is 13.2 Å². The zero-order chi connectivity index (χ0) is 22.3. The second-order valence-electron chi connectivity index (χ2n) is 8.68. The lowest BCUT2D eigenvalue weighted by Gasteiger charge is -2.28. The molecule has 0 fully saturated rings. The molecule has 0 bridgehead atoms. The van der Waals surface area contributed by atoms with Crippen LogP contribution in [0.5, 0.6) is 0 Å². The Hall–Kier alpha value is -1.91. The average Bonchev–Trinajstić information content (AvgIpc) is 2.65.